The van der Waals surface area contributed by atoms with Crippen molar-refractivity contribution >= 4 is 5.97 Å². The average molecular weight is 208 g/mol. The Bertz CT molecular complexity index is 321. The van der Waals surface area contributed by atoms with E-state index in [1.807, 2.05) is 0 Å². The first-order valence-corrected chi connectivity index (χ1v) is 4.55. The summed E-state index contributed by atoms with van der Waals surface area (Å²) in [5.74, 6) is 5.05. The molecule has 0 unspecified atom stereocenters. The molecule has 0 bridgehead atoms. The molecule has 0 spiro atoms. The highest BCUT2D eigenvalue weighted by atomic mass is 16.5. The van der Waals surface area contributed by atoms with Gasteiger partial charge >= 0.3 is 5.97 Å². The lowest BCUT2D eigenvalue weighted by atomic mass is 10.0. The molecule has 82 valence electrons. The van der Waals surface area contributed by atoms with Crippen LogP contribution in [0.2, 0.25) is 0 Å². The summed E-state index contributed by atoms with van der Waals surface area (Å²) < 4.78 is 4.65. The predicted molar refractivity (Wildman–Crippen MR) is 59.0 cm³/mol. The minimum atomic E-state index is -0.989. The summed E-state index contributed by atoms with van der Waals surface area (Å²) in [4.78, 5) is 10.4. The minimum Gasteiger partial charge on any atom is -0.462 e. The molecule has 3 nitrogen and oxygen atoms in total. The SMILES string of the molecule is C=C(C#C/C=C\COC(C)=O)C(C)(C)O. The van der Waals surface area contributed by atoms with Gasteiger partial charge in [-0.3, -0.25) is 4.79 Å². The van der Waals surface area contributed by atoms with Gasteiger partial charge in [0.1, 0.15) is 6.61 Å². The molecule has 0 saturated carbocycles. The number of allylic oxidation sites excluding steroid dienone is 1. The summed E-state index contributed by atoms with van der Waals surface area (Å²) in [6.45, 7) is 8.41. The molecule has 1 N–H and O–H groups in total. The van der Waals surface area contributed by atoms with Crippen molar-refractivity contribution in [2.24, 2.45) is 0 Å². The first-order chi connectivity index (χ1) is 6.84. The number of carbonyl (C=O) groups is 1. The van der Waals surface area contributed by atoms with Gasteiger partial charge in [0, 0.05) is 12.5 Å². The van der Waals surface area contributed by atoms with Gasteiger partial charge in [-0.05, 0) is 26.0 Å². The Morgan fingerprint density at radius 2 is 2.20 bits per heavy atom. The maximum Gasteiger partial charge on any atom is 0.302 e. The lowest BCUT2D eigenvalue weighted by Crippen LogP contribution is -2.19. The normalized spacial score (nSPS) is 10.7. The molecule has 0 atom stereocenters. The summed E-state index contributed by atoms with van der Waals surface area (Å²) in [5, 5.41) is 9.47. The third kappa shape index (κ3) is 7.53. The van der Waals surface area contributed by atoms with Gasteiger partial charge in [-0.15, -0.1) is 0 Å². The van der Waals surface area contributed by atoms with E-state index in [9.17, 15) is 9.90 Å². The first-order valence-electron chi connectivity index (χ1n) is 4.55. The number of hydrogen-bond donors (Lipinski definition) is 1. The van der Waals surface area contributed by atoms with Crippen molar-refractivity contribution in [2.45, 2.75) is 26.4 Å². The second-order valence-electron chi connectivity index (χ2n) is 3.51. The molecule has 0 fully saturated rings. The van der Waals surface area contributed by atoms with Gasteiger partial charge in [-0.2, -0.15) is 0 Å². The van der Waals surface area contributed by atoms with Gasteiger partial charge in [-0.1, -0.05) is 18.4 Å². The third-order valence-corrected chi connectivity index (χ3v) is 1.55. The van der Waals surface area contributed by atoms with Crippen LogP contribution in [-0.4, -0.2) is 23.3 Å². The molecule has 0 saturated heterocycles. The van der Waals surface area contributed by atoms with E-state index in [0.29, 0.717) is 5.57 Å². The van der Waals surface area contributed by atoms with E-state index in [2.05, 4.69) is 23.2 Å². The van der Waals surface area contributed by atoms with Crippen molar-refractivity contribution < 1.29 is 14.6 Å². The second-order valence-corrected chi connectivity index (χ2v) is 3.51. The van der Waals surface area contributed by atoms with Crippen LogP contribution in [0.5, 0.6) is 0 Å². The molecule has 3 heteroatoms. The average Bonchev–Trinajstić information content (AvgIpc) is 2.08. The van der Waals surface area contributed by atoms with Crippen LogP contribution in [0, 0.1) is 11.8 Å². The van der Waals surface area contributed by atoms with E-state index < -0.39 is 5.60 Å². The van der Waals surface area contributed by atoms with Crippen molar-refractivity contribution in [3.05, 3.63) is 24.3 Å². The second kappa shape index (κ2) is 6.05. The van der Waals surface area contributed by atoms with Gasteiger partial charge in [-0.25, -0.2) is 0 Å². The molecule has 0 aromatic heterocycles. The van der Waals surface area contributed by atoms with Gasteiger partial charge in [0.25, 0.3) is 0 Å². The summed E-state index contributed by atoms with van der Waals surface area (Å²) >= 11 is 0. The minimum absolute atomic E-state index is 0.207. The van der Waals surface area contributed by atoms with Crippen molar-refractivity contribution in [2.75, 3.05) is 6.61 Å². The van der Waals surface area contributed by atoms with E-state index in [0.717, 1.165) is 0 Å². The van der Waals surface area contributed by atoms with E-state index in [1.54, 1.807) is 26.0 Å². The highest BCUT2D eigenvalue weighted by molar-refractivity contribution is 5.66. The number of esters is 1. The van der Waals surface area contributed by atoms with Crippen LogP contribution in [0.15, 0.2) is 24.3 Å². The van der Waals surface area contributed by atoms with Crippen LogP contribution in [0.4, 0.5) is 0 Å². The van der Waals surface area contributed by atoms with Crippen molar-refractivity contribution in [1.29, 1.82) is 0 Å². The number of aliphatic hydroxyl groups is 1. The van der Waals surface area contributed by atoms with Gasteiger partial charge in [0.15, 0.2) is 0 Å². The predicted octanol–water partition coefficient (Wildman–Crippen LogP) is 1.44. The molecule has 0 heterocycles. The molecule has 0 aliphatic rings. The zero-order valence-corrected chi connectivity index (χ0v) is 9.33. The van der Waals surface area contributed by atoms with Gasteiger partial charge in [0.05, 0.1) is 5.60 Å². The van der Waals surface area contributed by atoms with E-state index in [4.69, 9.17) is 0 Å². The lowest BCUT2D eigenvalue weighted by molar-refractivity contribution is -0.139. The Balaban J connectivity index is 4.00. The number of ether oxygens (including phenoxy) is 1. The fourth-order valence-electron chi connectivity index (χ4n) is 0.554. The van der Waals surface area contributed by atoms with Crippen LogP contribution in [-0.2, 0) is 9.53 Å². The molecule has 0 aliphatic heterocycles. The first kappa shape index (κ1) is 13.5. The topological polar surface area (TPSA) is 46.5 Å². The highest BCUT2D eigenvalue weighted by Crippen LogP contribution is 2.11. The zero-order valence-electron chi connectivity index (χ0n) is 9.33. The Kier molecular flexibility index (Phi) is 5.43. The quantitative estimate of drug-likeness (QED) is 0.564. The smallest absolute Gasteiger partial charge is 0.302 e. The molecular weight excluding hydrogens is 192 g/mol. The van der Waals surface area contributed by atoms with Crippen molar-refractivity contribution in [3.63, 3.8) is 0 Å². The molecular formula is C12H16O3. The number of hydrogen-bond acceptors (Lipinski definition) is 3. The van der Waals surface area contributed by atoms with Crippen LogP contribution < -0.4 is 0 Å². The molecule has 0 aromatic carbocycles. The highest BCUT2D eigenvalue weighted by Gasteiger charge is 2.14. The van der Waals surface area contributed by atoms with Crippen LogP contribution >= 0.6 is 0 Å². The van der Waals surface area contributed by atoms with Crippen molar-refractivity contribution in [3.8, 4) is 11.8 Å². The van der Waals surface area contributed by atoms with E-state index in [-0.39, 0.29) is 12.6 Å². The molecule has 0 aromatic rings. The number of rotatable bonds is 3. The van der Waals surface area contributed by atoms with Crippen LogP contribution in [0.3, 0.4) is 0 Å². The Morgan fingerprint density at radius 1 is 1.60 bits per heavy atom. The maximum atomic E-state index is 10.4. The zero-order chi connectivity index (χ0) is 11.9. The summed E-state index contributed by atoms with van der Waals surface area (Å²) in [5.41, 5.74) is -0.545. The largest absolute Gasteiger partial charge is 0.462 e. The van der Waals surface area contributed by atoms with Crippen molar-refractivity contribution in [1.82, 2.24) is 0 Å². The monoisotopic (exact) mass is 208 g/mol. The fraction of sp³-hybridized carbons (Fsp3) is 0.417. The molecule has 0 rings (SSSR count). The summed E-state index contributed by atoms with van der Waals surface area (Å²) in [6.07, 6.45) is 3.17. The third-order valence-electron chi connectivity index (χ3n) is 1.55. The Morgan fingerprint density at radius 3 is 2.67 bits per heavy atom. The molecule has 15 heavy (non-hydrogen) atoms. The van der Waals surface area contributed by atoms with Gasteiger partial charge in [0.2, 0.25) is 0 Å². The standard InChI is InChI=1S/C12H16O3/c1-10(12(3,4)14)8-6-5-7-9-15-11(2)13/h5,7,14H,1,9H2,2-4H3/b7-5-. The molecule has 0 amide bonds. The molecule has 0 radical (unpaired) electrons. The number of carbonyl (C=O) groups excluding carboxylic acids is 1. The summed E-state index contributed by atoms with van der Waals surface area (Å²) in [7, 11) is 0. The lowest BCUT2D eigenvalue weighted by Gasteiger charge is -2.14. The molecule has 0 aliphatic carbocycles. The van der Waals surface area contributed by atoms with E-state index in [1.165, 1.54) is 6.92 Å². The Hall–Kier alpha value is -1.53. The van der Waals surface area contributed by atoms with Gasteiger partial charge < -0.3 is 9.84 Å². The van der Waals surface area contributed by atoms with Crippen LogP contribution in [0.1, 0.15) is 20.8 Å². The summed E-state index contributed by atoms with van der Waals surface area (Å²) in [6, 6.07) is 0. The Labute approximate surface area is 90.4 Å². The maximum absolute atomic E-state index is 10.4. The fourth-order valence-corrected chi connectivity index (χ4v) is 0.554. The van der Waals surface area contributed by atoms with E-state index >= 15 is 0 Å². The van der Waals surface area contributed by atoms with Crippen LogP contribution in [0.25, 0.3) is 0 Å².